The number of nitrogens with two attached hydrogens (primary N) is 1. The molecular formula is C9H9N3O. The van der Waals surface area contributed by atoms with Gasteiger partial charge in [0.15, 0.2) is 0 Å². The molecule has 0 unspecified atom stereocenters. The maximum atomic E-state index is 11.2. The Kier molecular flexibility index (Phi) is 1.55. The third-order valence-electron chi connectivity index (χ3n) is 2.04. The van der Waals surface area contributed by atoms with Gasteiger partial charge >= 0.3 is 5.69 Å². The first-order valence-corrected chi connectivity index (χ1v) is 3.91. The fourth-order valence-electron chi connectivity index (χ4n) is 1.32. The van der Waals surface area contributed by atoms with E-state index in [2.05, 4.69) is 4.98 Å². The number of hydrogen-bond donors (Lipinski definition) is 1. The predicted octanol–water partition coefficient (Wildman–Crippen LogP) is 0.516. The summed E-state index contributed by atoms with van der Waals surface area (Å²) in [5, 5.41) is 0.810. The zero-order chi connectivity index (χ0) is 9.42. The van der Waals surface area contributed by atoms with E-state index in [0.29, 0.717) is 5.82 Å². The average molecular weight is 175 g/mol. The Hall–Kier alpha value is -1.84. The minimum Gasteiger partial charge on any atom is -0.383 e. The molecule has 0 aliphatic rings. The number of rotatable bonds is 0. The summed E-state index contributed by atoms with van der Waals surface area (Å²) in [7, 11) is 1.68. The molecule has 0 aliphatic carbocycles. The van der Waals surface area contributed by atoms with Crippen LogP contribution in [-0.4, -0.2) is 9.55 Å². The summed E-state index contributed by atoms with van der Waals surface area (Å²) in [6, 6.07) is 7.41. The van der Waals surface area contributed by atoms with Crippen molar-refractivity contribution in [2.24, 2.45) is 7.05 Å². The van der Waals surface area contributed by atoms with Gasteiger partial charge in [-0.1, -0.05) is 12.1 Å². The second-order valence-corrected chi connectivity index (χ2v) is 2.86. The zero-order valence-electron chi connectivity index (χ0n) is 7.19. The predicted molar refractivity (Wildman–Crippen MR) is 51.4 cm³/mol. The van der Waals surface area contributed by atoms with Crippen LogP contribution < -0.4 is 11.4 Å². The molecule has 2 rings (SSSR count). The molecule has 2 N–H and O–H groups in total. The third kappa shape index (κ3) is 1.07. The maximum absolute atomic E-state index is 11.2. The summed E-state index contributed by atoms with van der Waals surface area (Å²) in [6.07, 6.45) is 0. The van der Waals surface area contributed by atoms with Gasteiger partial charge in [0, 0.05) is 12.4 Å². The Morgan fingerprint density at radius 3 is 2.85 bits per heavy atom. The molecule has 1 aromatic carbocycles. The minimum atomic E-state index is -0.323. The van der Waals surface area contributed by atoms with Gasteiger partial charge in [-0.15, -0.1) is 0 Å². The third-order valence-corrected chi connectivity index (χ3v) is 2.04. The van der Waals surface area contributed by atoms with Crippen LogP contribution in [0.5, 0.6) is 0 Å². The quantitative estimate of drug-likeness (QED) is 0.634. The summed E-state index contributed by atoms with van der Waals surface area (Å²) in [5.74, 6) is 0.290. The van der Waals surface area contributed by atoms with E-state index in [9.17, 15) is 4.79 Å². The number of benzene rings is 1. The van der Waals surface area contributed by atoms with E-state index < -0.39 is 0 Å². The summed E-state index contributed by atoms with van der Waals surface area (Å²) in [6.45, 7) is 0. The van der Waals surface area contributed by atoms with Crippen LogP contribution in [0.15, 0.2) is 29.1 Å². The average Bonchev–Trinajstić information content (AvgIpc) is 2.15. The van der Waals surface area contributed by atoms with Gasteiger partial charge in [-0.25, -0.2) is 4.79 Å². The van der Waals surface area contributed by atoms with Crippen molar-refractivity contribution in [3.63, 3.8) is 0 Å². The lowest BCUT2D eigenvalue weighted by Crippen LogP contribution is -2.21. The first-order valence-electron chi connectivity index (χ1n) is 3.91. The van der Waals surface area contributed by atoms with Crippen molar-refractivity contribution in [1.29, 1.82) is 0 Å². The molecule has 1 heterocycles. The van der Waals surface area contributed by atoms with Crippen LogP contribution in [0, 0.1) is 0 Å². The molecule has 0 radical (unpaired) electrons. The molecule has 0 bridgehead atoms. The van der Waals surface area contributed by atoms with E-state index in [1.165, 1.54) is 4.57 Å². The van der Waals surface area contributed by atoms with E-state index in [1.807, 2.05) is 24.3 Å². The summed E-state index contributed by atoms with van der Waals surface area (Å²) >= 11 is 0. The van der Waals surface area contributed by atoms with Crippen molar-refractivity contribution in [1.82, 2.24) is 9.55 Å². The molecule has 0 fully saturated rings. The first kappa shape index (κ1) is 7.79. The molecular weight excluding hydrogens is 166 g/mol. The highest BCUT2D eigenvalue weighted by atomic mass is 16.1. The summed E-state index contributed by atoms with van der Waals surface area (Å²) < 4.78 is 1.48. The lowest BCUT2D eigenvalue weighted by atomic mass is 10.2. The monoisotopic (exact) mass is 175 g/mol. The number of nitrogen functional groups attached to an aromatic ring is 1. The molecule has 2 aromatic rings. The lowest BCUT2D eigenvalue weighted by Gasteiger charge is -2.04. The molecule has 0 saturated heterocycles. The SMILES string of the molecule is Cn1c(=O)nc(N)c2ccccc21. The normalized spacial score (nSPS) is 10.5. The molecule has 0 saturated carbocycles. The smallest absolute Gasteiger partial charge is 0.349 e. The van der Waals surface area contributed by atoms with E-state index in [-0.39, 0.29) is 5.69 Å². The fraction of sp³-hybridized carbons (Fsp3) is 0.111. The molecule has 13 heavy (non-hydrogen) atoms. The van der Waals surface area contributed by atoms with Crippen molar-refractivity contribution in [2.45, 2.75) is 0 Å². The first-order chi connectivity index (χ1) is 6.20. The second-order valence-electron chi connectivity index (χ2n) is 2.86. The Morgan fingerprint density at radius 2 is 2.08 bits per heavy atom. The second kappa shape index (κ2) is 2.58. The molecule has 1 aromatic heterocycles. The van der Waals surface area contributed by atoms with Crippen LogP contribution in [0.2, 0.25) is 0 Å². The molecule has 4 nitrogen and oxygen atoms in total. The number of hydrogen-bond acceptors (Lipinski definition) is 3. The molecule has 0 spiro atoms. The van der Waals surface area contributed by atoms with Crippen molar-refractivity contribution in [3.8, 4) is 0 Å². The highest BCUT2D eigenvalue weighted by molar-refractivity contribution is 5.87. The molecule has 4 heteroatoms. The van der Waals surface area contributed by atoms with E-state index in [0.717, 1.165) is 10.9 Å². The fourth-order valence-corrected chi connectivity index (χ4v) is 1.32. The van der Waals surface area contributed by atoms with Gasteiger partial charge in [0.05, 0.1) is 5.52 Å². The Labute approximate surface area is 74.6 Å². The number of anilines is 1. The number of aryl methyl sites for hydroxylation is 1. The Morgan fingerprint density at radius 1 is 1.38 bits per heavy atom. The van der Waals surface area contributed by atoms with Crippen LogP contribution in [0.1, 0.15) is 0 Å². The molecule has 66 valence electrons. The lowest BCUT2D eigenvalue weighted by molar-refractivity contribution is 0.856. The van der Waals surface area contributed by atoms with Crippen LogP contribution in [0.25, 0.3) is 10.9 Å². The van der Waals surface area contributed by atoms with Gasteiger partial charge in [-0.05, 0) is 12.1 Å². The minimum absolute atomic E-state index is 0.290. The highest BCUT2D eigenvalue weighted by Gasteiger charge is 2.02. The van der Waals surface area contributed by atoms with E-state index in [1.54, 1.807) is 7.05 Å². The summed E-state index contributed by atoms with van der Waals surface area (Å²) in [4.78, 5) is 14.9. The van der Waals surface area contributed by atoms with Crippen LogP contribution in [0.4, 0.5) is 5.82 Å². The summed E-state index contributed by atoms with van der Waals surface area (Å²) in [5.41, 5.74) is 6.08. The molecule has 0 atom stereocenters. The Balaban J connectivity index is 3.06. The number of para-hydroxylation sites is 1. The number of nitrogens with zero attached hydrogens (tertiary/aromatic N) is 2. The molecule has 0 amide bonds. The van der Waals surface area contributed by atoms with Gasteiger partial charge in [0.25, 0.3) is 0 Å². The topological polar surface area (TPSA) is 60.9 Å². The van der Waals surface area contributed by atoms with E-state index in [4.69, 9.17) is 5.73 Å². The van der Waals surface area contributed by atoms with E-state index >= 15 is 0 Å². The van der Waals surface area contributed by atoms with Gasteiger partial charge in [0.1, 0.15) is 5.82 Å². The van der Waals surface area contributed by atoms with Gasteiger partial charge in [-0.2, -0.15) is 4.98 Å². The van der Waals surface area contributed by atoms with Crippen LogP contribution in [0.3, 0.4) is 0 Å². The van der Waals surface area contributed by atoms with Gasteiger partial charge < -0.3 is 5.73 Å². The number of fused-ring (bicyclic) bond motifs is 1. The standard InChI is InChI=1S/C9H9N3O/c1-12-7-5-3-2-4-6(7)8(10)11-9(12)13/h2-5H,1H3,(H2,10,11,13). The van der Waals surface area contributed by atoms with Crippen molar-refractivity contribution in [3.05, 3.63) is 34.7 Å². The molecule has 0 aliphatic heterocycles. The van der Waals surface area contributed by atoms with Crippen LogP contribution in [-0.2, 0) is 7.05 Å². The zero-order valence-corrected chi connectivity index (χ0v) is 7.19. The Bertz CT molecular complexity index is 516. The van der Waals surface area contributed by atoms with Gasteiger partial charge in [-0.3, -0.25) is 4.57 Å². The van der Waals surface area contributed by atoms with Crippen molar-refractivity contribution < 1.29 is 0 Å². The maximum Gasteiger partial charge on any atom is 0.349 e. The number of aromatic nitrogens is 2. The van der Waals surface area contributed by atoms with Crippen molar-refractivity contribution >= 4 is 16.7 Å². The largest absolute Gasteiger partial charge is 0.383 e. The van der Waals surface area contributed by atoms with Crippen molar-refractivity contribution in [2.75, 3.05) is 5.73 Å². The van der Waals surface area contributed by atoms with Gasteiger partial charge in [0.2, 0.25) is 0 Å². The highest BCUT2D eigenvalue weighted by Crippen LogP contribution is 2.14. The van der Waals surface area contributed by atoms with Crippen LogP contribution >= 0.6 is 0 Å².